The molecule has 4 heterocycles. The predicted octanol–water partition coefficient (Wildman–Crippen LogP) is 4.57. The number of rotatable bonds is 2. The largest absolute Gasteiger partial charge is 0.350 e. The Hall–Kier alpha value is -2.71. The van der Waals surface area contributed by atoms with Gasteiger partial charge in [-0.25, -0.2) is 9.37 Å². The molecule has 6 nitrogen and oxygen atoms in total. The average molecular weight is 416 g/mol. The van der Waals surface area contributed by atoms with E-state index in [1.54, 1.807) is 16.5 Å². The first-order chi connectivity index (χ1) is 13.5. The van der Waals surface area contributed by atoms with E-state index in [2.05, 4.69) is 20.2 Å². The molecule has 9 heteroatoms. The number of carbonyl (C=O) groups excluding carboxylic acids is 1. The number of carbonyl (C=O) groups is 1. The second-order valence-corrected chi connectivity index (χ2v) is 7.92. The molecule has 1 unspecified atom stereocenters. The number of hydrogen-bond acceptors (Lipinski definition) is 4. The topological polar surface area (TPSA) is 77.7 Å². The van der Waals surface area contributed by atoms with Crippen molar-refractivity contribution < 1.29 is 9.18 Å². The second kappa shape index (κ2) is 6.42. The van der Waals surface area contributed by atoms with Crippen LogP contribution >= 0.6 is 22.9 Å². The number of aromatic nitrogens is 4. The fourth-order valence-electron chi connectivity index (χ4n) is 3.84. The molecule has 0 radical (unpaired) electrons. The Balaban J connectivity index is 1.52. The van der Waals surface area contributed by atoms with E-state index in [0.29, 0.717) is 29.6 Å². The lowest BCUT2D eigenvalue weighted by atomic mass is 9.96. The molecule has 0 saturated carbocycles. The number of fused-ring (bicyclic) bond motifs is 2. The van der Waals surface area contributed by atoms with E-state index in [-0.39, 0.29) is 17.0 Å². The van der Waals surface area contributed by atoms with Crippen LogP contribution in [0.2, 0.25) is 5.02 Å². The number of nitrogens with zero attached hydrogens (tertiary/aromatic N) is 3. The van der Waals surface area contributed by atoms with E-state index < -0.39 is 5.82 Å². The van der Waals surface area contributed by atoms with Gasteiger partial charge in [0.2, 0.25) is 0 Å². The van der Waals surface area contributed by atoms with Crippen LogP contribution in [0, 0.1) is 5.82 Å². The molecule has 2 N–H and O–H groups in total. The molecule has 1 aliphatic rings. The summed E-state index contributed by atoms with van der Waals surface area (Å²) >= 11 is 7.63. The van der Waals surface area contributed by atoms with Gasteiger partial charge in [-0.3, -0.25) is 9.89 Å². The second-order valence-electron chi connectivity index (χ2n) is 6.79. The van der Waals surface area contributed by atoms with Crippen molar-refractivity contribution in [3.8, 4) is 11.4 Å². The molecule has 142 valence electrons. The molecule has 5 rings (SSSR count). The molecule has 1 atom stereocenters. The molecule has 4 aromatic rings. The number of nitrogens with one attached hydrogen (secondary N) is 2. The van der Waals surface area contributed by atoms with E-state index in [0.717, 1.165) is 22.6 Å². The first-order valence-corrected chi connectivity index (χ1v) is 10.1. The fourth-order valence-corrected chi connectivity index (χ4v) is 4.64. The zero-order chi connectivity index (χ0) is 19.4. The van der Waals surface area contributed by atoms with Gasteiger partial charge in [0.05, 0.1) is 22.1 Å². The number of amides is 1. The van der Waals surface area contributed by atoms with Crippen molar-refractivity contribution in [1.82, 2.24) is 25.1 Å². The molecular formula is C19H15ClFN5OS. The molecule has 0 aliphatic carbocycles. The van der Waals surface area contributed by atoms with E-state index in [1.807, 2.05) is 12.3 Å². The molecule has 3 aromatic heterocycles. The highest BCUT2D eigenvalue weighted by atomic mass is 35.5. The average Bonchev–Trinajstić information content (AvgIpc) is 3.40. The summed E-state index contributed by atoms with van der Waals surface area (Å²) in [6, 6.07) is 4.09. The van der Waals surface area contributed by atoms with Gasteiger partial charge < -0.3 is 9.88 Å². The number of hydrogen-bond donors (Lipinski definition) is 2. The molecule has 0 bridgehead atoms. The molecule has 1 aromatic carbocycles. The highest BCUT2D eigenvalue weighted by Gasteiger charge is 2.33. The highest BCUT2D eigenvalue weighted by molar-refractivity contribution is 7.07. The normalized spacial score (nSPS) is 16.5. The van der Waals surface area contributed by atoms with Gasteiger partial charge in [0, 0.05) is 35.0 Å². The summed E-state index contributed by atoms with van der Waals surface area (Å²) in [4.78, 5) is 22.4. The van der Waals surface area contributed by atoms with Crippen molar-refractivity contribution in [2.24, 2.45) is 0 Å². The number of thiazole rings is 1. The number of aromatic amines is 2. The quantitative estimate of drug-likeness (QED) is 0.503. The van der Waals surface area contributed by atoms with Crippen LogP contribution in [-0.4, -0.2) is 37.5 Å². The van der Waals surface area contributed by atoms with E-state index in [9.17, 15) is 9.18 Å². The van der Waals surface area contributed by atoms with Crippen LogP contribution in [0.25, 0.3) is 22.3 Å². The van der Waals surface area contributed by atoms with Gasteiger partial charge in [0.25, 0.3) is 5.91 Å². The van der Waals surface area contributed by atoms with Crippen LogP contribution < -0.4 is 0 Å². The van der Waals surface area contributed by atoms with Crippen molar-refractivity contribution in [3.05, 3.63) is 56.9 Å². The summed E-state index contributed by atoms with van der Waals surface area (Å²) in [5, 5.41) is 10.4. The van der Waals surface area contributed by atoms with Gasteiger partial charge in [-0.2, -0.15) is 5.10 Å². The van der Waals surface area contributed by atoms with Crippen LogP contribution in [-0.2, 0) is 6.42 Å². The van der Waals surface area contributed by atoms with E-state index in [4.69, 9.17) is 11.6 Å². The summed E-state index contributed by atoms with van der Waals surface area (Å²) in [5.74, 6) is -0.600. The Morgan fingerprint density at radius 1 is 1.39 bits per heavy atom. The zero-order valence-electron chi connectivity index (χ0n) is 14.8. The molecule has 0 spiro atoms. The summed E-state index contributed by atoms with van der Waals surface area (Å²) < 4.78 is 13.6. The van der Waals surface area contributed by atoms with Crippen LogP contribution in [0.15, 0.2) is 29.1 Å². The number of halogens is 2. The van der Waals surface area contributed by atoms with Crippen LogP contribution in [0.3, 0.4) is 0 Å². The molecule has 28 heavy (non-hydrogen) atoms. The van der Waals surface area contributed by atoms with Crippen LogP contribution in [0.4, 0.5) is 4.39 Å². The van der Waals surface area contributed by atoms with Gasteiger partial charge in [-0.1, -0.05) is 11.6 Å². The van der Waals surface area contributed by atoms with Crippen LogP contribution in [0.5, 0.6) is 0 Å². The van der Waals surface area contributed by atoms with Gasteiger partial charge in [-0.05, 0) is 25.1 Å². The fraction of sp³-hybridized carbons (Fsp3) is 0.211. The van der Waals surface area contributed by atoms with E-state index >= 15 is 0 Å². The maximum absolute atomic E-state index is 13.6. The predicted molar refractivity (Wildman–Crippen MR) is 106 cm³/mol. The summed E-state index contributed by atoms with van der Waals surface area (Å²) in [6.45, 7) is 2.54. The lowest BCUT2D eigenvalue weighted by Crippen LogP contribution is -2.39. The Bertz CT molecular complexity index is 1200. The van der Waals surface area contributed by atoms with Gasteiger partial charge >= 0.3 is 0 Å². The maximum Gasteiger partial charge on any atom is 0.270 e. The Labute approximate surface area is 168 Å². The van der Waals surface area contributed by atoms with Crippen LogP contribution in [0.1, 0.15) is 34.7 Å². The third kappa shape index (κ3) is 2.63. The minimum atomic E-state index is -0.444. The minimum absolute atomic E-state index is 0.156. The summed E-state index contributed by atoms with van der Waals surface area (Å²) in [5.41, 5.74) is 6.26. The third-order valence-electron chi connectivity index (χ3n) is 5.19. The monoisotopic (exact) mass is 415 g/mol. The molecule has 1 aliphatic heterocycles. The summed E-state index contributed by atoms with van der Waals surface area (Å²) in [6.07, 6.45) is 0.679. The van der Waals surface area contributed by atoms with Crippen molar-refractivity contribution in [2.45, 2.75) is 19.4 Å². The molecule has 0 saturated heterocycles. The Morgan fingerprint density at radius 3 is 3.04 bits per heavy atom. The Morgan fingerprint density at radius 2 is 2.25 bits per heavy atom. The Kier molecular flexibility index (Phi) is 3.99. The molecule has 0 fully saturated rings. The van der Waals surface area contributed by atoms with Crippen molar-refractivity contribution in [3.63, 3.8) is 0 Å². The maximum atomic E-state index is 13.6. The standard InChI is InChI=1S/C19H15ClFN5OS/c1-9-17-13(24-25-18(17)16-7-28-8-22-16)2-3-26(9)19(27)15-6-11-12(20)4-10(21)5-14(11)23-15/h4-9,23H,2-3H2,1H3,(H,24,25). The third-order valence-corrected chi connectivity index (χ3v) is 6.09. The number of H-pyrrole nitrogens is 2. The van der Waals surface area contributed by atoms with Crippen molar-refractivity contribution in [1.29, 1.82) is 0 Å². The smallest absolute Gasteiger partial charge is 0.270 e. The highest BCUT2D eigenvalue weighted by Crippen LogP contribution is 2.36. The van der Waals surface area contributed by atoms with Gasteiger partial charge in [0.1, 0.15) is 22.9 Å². The first-order valence-electron chi connectivity index (χ1n) is 8.77. The van der Waals surface area contributed by atoms with Crippen molar-refractivity contribution >= 4 is 39.7 Å². The molecule has 1 amide bonds. The first kappa shape index (κ1) is 17.4. The lowest BCUT2D eigenvalue weighted by Gasteiger charge is -2.33. The van der Waals surface area contributed by atoms with E-state index in [1.165, 1.54) is 23.5 Å². The van der Waals surface area contributed by atoms with Crippen molar-refractivity contribution in [2.75, 3.05) is 6.54 Å². The van der Waals surface area contributed by atoms with Gasteiger partial charge in [0.15, 0.2) is 0 Å². The van der Waals surface area contributed by atoms with Gasteiger partial charge in [-0.15, -0.1) is 11.3 Å². The zero-order valence-corrected chi connectivity index (χ0v) is 16.4. The minimum Gasteiger partial charge on any atom is -0.350 e. The number of benzene rings is 1. The SMILES string of the molecule is CC1c2c(-c3cscn3)n[nH]c2CCN1C(=O)c1cc2c(Cl)cc(F)cc2[nH]1. The lowest BCUT2D eigenvalue weighted by molar-refractivity contribution is 0.0672. The molecular weight excluding hydrogens is 401 g/mol. The summed E-state index contributed by atoms with van der Waals surface area (Å²) in [7, 11) is 0.